The van der Waals surface area contributed by atoms with E-state index in [1.54, 1.807) is 11.3 Å². The van der Waals surface area contributed by atoms with Crippen molar-refractivity contribution in [3.05, 3.63) is 68.8 Å². The molecule has 6 heteroatoms. The van der Waals surface area contributed by atoms with E-state index in [0.29, 0.717) is 0 Å². The van der Waals surface area contributed by atoms with Crippen molar-refractivity contribution in [3.8, 4) is 10.7 Å². The van der Waals surface area contributed by atoms with Gasteiger partial charge in [-0.3, -0.25) is 4.90 Å². The lowest BCUT2D eigenvalue weighted by atomic mass is 10.1. The Morgan fingerprint density at radius 2 is 2.12 bits per heavy atom. The minimum atomic E-state index is 0.718. The average molecular weight is 376 g/mol. The minimum absolute atomic E-state index is 0.718. The topological polar surface area (TPSA) is 29.0 Å². The standard InChI is InChI=1S/C18H15Cl2N3S/c19-14-3-4-15(20)12(8-14)10-23-6-5-16-13(11-23)9-21-18(22-16)17-2-1-7-24-17/h1-4,7-9H,5-6,10-11H2. The number of hydrogen-bond acceptors (Lipinski definition) is 4. The third-order valence-electron chi connectivity index (χ3n) is 4.16. The third kappa shape index (κ3) is 3.33. The normalized spacial score (nSPS) is 14.6. The highest BCUT2D eigenvalue weighted by Gasteiger charge is 2.20. The molecule has 0 spiro atoms. The zero-order chi connectivity index (χ0) is 16.5. The molecule has 0 radical (unpaired) electrons. The van der Waals surface area contributed by atoms with Crippen molar-refractivity contribution >= 4 is 34.5 Å². The first-order valence-corrected chi connectivity index (χ1v) is 9.37. The highest BCUT2D eigenvalue weighted by atomic mass is 35.5. The number of aromatic nitrogens is 2. The van der Waals surface area contributed by atoms with Gasteiger partial charge in [0.2, 0.25) is 0 Å². The maximum Gasteiger partial charge on any atom is 0.169 e. The molecule has 0 aliphatic carbocycles. The number of halogens is 2. The molecule has 0 amide bonds. The van der Waals surface area contributed by atoms with Gasteiger partial charge in [0, 0.05) is 47.9 Å². The van der Waals surface area contributed by atoms with Gasteiger partial charge >= 0.3 is 0 Å². The van der Waals surface area contributed by atoms with Gasteiger partial charge in [-0.15, -0.1) is 11.3 Å². The molecule has 0 N–H and O–H groups in total. The third-order valence-corrected chi connectivity index (χ3v) is 5.63. The number of nitrogens with zero attached hydrogens (tertiary/aromatic N) is 3. The van der Waals surface area contributed by atoms with Crippen molar-refractivity contribution in [1.29, 1.82) is 0 Å². The minimum Gasteiger partial charge on any atom is -0.294 e. The molecule has 122 valence electrons. The van der Waals surface area contributed by atoms with Crippen LogP contribution in [0.4, 0.5) is 0 Å². The van der Waals surface area contributed by atoms with E-state index in [0.717, 1.165) is 58.1 Å². The van der Waals surface area contributed by atoms with Crippen LogP contribution < -0.4 is 0 Å². The first-order valence-electron chi connectivity index (χ1n) is 7.74. The summed E-state index contributed by atoms with van der Waals surface area (Å²) in [6, 6.07) is 9.70. The van der Waals surface area contributed by atoms with Crippen molar-refractivity contribution in [2.24, 2.45) is 0 Å². The van der Waals surface area contributed by atoms with Crippen molar-refractivity contribution < 1.29 is 0 Å². The van der Waals surface area contributed by atoms with Crippen LogP contribution in [0, 0.1) is 0 Å². The average Bonchev–Trinajstić information content (AvgIpc) is 3.12. The van der Waals surface area contributed by atoms with E-state index in [-0.39, 0.29) is 0 Å². The van der Waals surface area contributed by atoms with Crippen molar-refractivity contribution in [2.45, 2.75) is 19.5 Å². The van der Waals surface area contributed by atoms with E-state index in [1.807, 2.05) is 30.5 Å². The molecule has 0 unspecified atom stereocenters. The highest BCUT2D eigenvalue weighted by Crippen LogP contribution is 2.27. The van der Waals surface area contributed by atoms with Gasteiger partial charge in [0.15, 0.2) is 5.82 Å². The quantitative estimate of drug-likeness (QED) is 0.639. The predicted octanol–water partition coefficient (Wildman–Crippen LogP) is 5.07. The van der Waals surface area contributed by atoms with E-state index in [1.165, 1.54) is 5.56 Å². The van der Waals surface area contributed by atoms with E-state index >= 15 is 0 Å². The Hall–Kier alpha value is -1.46. The predicted molar refractivity (Wildman–Crippen MR) is 99.6 cm³/mol. The fraction of sp³-hybridized carbons (Fsp3) is 0.222. The van der Waals surface area contributed by atoms with Gasteiger partial charge in [0.1, 0.15) is 0 Å². The summed E-state index contributed by atoms with van der Waals surface area (Å²) in [7, 11) is 0. The summed E-state index contributed by atoms with van der Waals surface area (Å²) in [6.07, 6.45) is 2.89. The second-order valence-electron chi connectivity index (χ2n) is 5.84. The molecule has 3 aromatic rings. The molecular weight excluding hydrogens is 361 g/mol. The first kappa shape index (κ1) is 16.0. The van der Waals surface area contributed by atoms with Crippen LogP contribution in [0.25, 0.3) is 10.7 Å². The fourth-order valence-electron chi connectivity index (χ4n) is 2.94. The Bertz CT molecular complexity index is 865. The molecule has 3 nitrogen and oxygen atoms in total. The zero-order valence-electron chi connectivity index (χ0n) is 12.9. The Morgan fingerprint density at radius 1 is 1.21 bits per heavy atom. The Balaban J connectivity index is 1.53. The Morgan fingerprint density at radius 3 is 2.96 bits per heavy atom. The highest BCUT2D eigenvalue weighted by molar-refractivity contribution is 7.13. The molecule has 2 aromatic heterocycles. The van der Waals surface area contributed by atoms with E-state index in [2.05, 4.69) is 21.3 Å². The summed E-state index contributed by atoms with van der Waals surface area (Å²) >= 11 is 14.0. The van der Waals surface area contributed by atoms with Gasteiger partial charge in [-0.25, -0.2) is 9.97 Å². The number of rotatable bonds is 3. The van der Waals surface area contributed by atoms with Gasteiger partial charge < -0.3 is 0 Å². The zero-order valence-corrected chi connectivity index (χ0v) is 15.2. The molecule has 1 aromatic carbocycles. The van der Waals surface area contributed by atoms with Crippen molar-refractivity contribution in [2.75, 3.05) is 6.54 Å². The van der Waals surface area contributed by atoms with Crippen LogP contribution in [-0.4, -0.2) is 21.4 Å². The summed E-state index contributed by atoms with van der Waals surface area (Å²) in [5, 5.41) is 3.53. The second-order valence-corrected chi connectivity index (χ2v) is 7.63. The van der Waals surface area contributed by atoms with Gasteiger partial charge in [-0.05, 0) is 35.2 Å². The molecule has 0 atom stereocenters. The van der Waals surface area contributed by atoms with Crippen LogP contribution in [0.2, 0.25) is 10.0 Å². The Kier molecular flexibility index (Phi) is 4.55. The summed E-state index contributed by atoms with van der Waals surface area (Å²) in [5.41, 5.74) is 3.41. The molecule has 24 heavy (non-hydrogen) atoms. The van der Waals surface area contributed by atoms with Crippen molar-refractivity contribution in [1.82, 2.24) is 14.9 Å². The van der Waals surface area contributed by atoms with Crippen molar-refractivity contribution in [3.63, 3.8) is 0 Å². The maximum absolute atomic E-state index is 6.28. The number of thiophene rings is 1. The first-order chi connectivity index (χ1) is 11.7. The molecule has 0 saturated heterocycles. The lowest BCUT2D eigenvalue weighted by molar-refractivity contribution is 0.243. The lowest BCUT2D eigenvalue weighted by Gasteiger charge is -2.28. The number of hydrogen-bond donors (Lipinski definition) is 0. The molecule has 0 saturated carbocycles. The second kappa shape index (κ2) is 6.81. The van der Waals surface area contributed by atoms with Gasteiger partial charge in [-0.2, -0.15) is 0 Å². The van der Waals surface area contributed by atoms with Crippen LogP contribution >= 0.6 is 34.5 Å². The summed E-state index contributed by atoms with van der Waals surface area (Å²) in [5.74, 6) is 0.829. The van der Waals surface area contributed by atoms with E-state index in [9.17, 15) is 0 Å². The lowest BCUT2D eigenvalue weighted by Crippen LogP contribution is -2.31. The molecule has 4 rings (SSSR count). The summed E-state index contributed by atoms with van der Waals surface area (Å²) < 4.78 is 0. The Labute approximate surface area is 154 Å². The summed E-state index contributed by atoms with van der Waals surface area (Å²) in [6.45, 7) is 2.57. The van der Waals surface area contributed by atoms with Gasteiger partial charge in [0.25, 0.3) is 0 Å². The van der Waals surface area contributed by atoms with Crippen LogP contribution in [0.1, 0.15) is 16.8 Å². The SMILES string of the molecule is Clc1ccc(Cl)c(CN2CCc3nc(-c4cccs4)ncc3C2)c1. The van der Waals surface area contributed by atoms with Crippen LogP contribution in [0.15, 0.2) is 41.9 Å². The largest absolute Gasteiger partial charge is 0.294 e. The van der Waals surface area contributed by atoms with E-state index < -0.39 is 0 Å². The van der Waals surface area contributed by atoms with Crippen LogP contribution in [-0.2, 0) is 19.5 Å². The van der Waals surface area contributed by atoms with Crippen LogP contribution in [0.5, 0.6) is 0 Å². The number of benzene rings is 1. The molecule has 3 heterocycles. The molecule has 1 aliphatic rings. The smallest absolute Gasteiger partial charge is 0.169 e. The fourth-order valence-corrected chi connectivity index (χ4v) is 3.98. The molecule has 1 aliphatic heterocycles. The summed E-state index contributed by atoms with van der Waals surface area (Å²) in [4.78, 5) is 12.8. The van der Waals surface area contributed by atoms with Gasteiger partial charge in [-0.1, -0.05) is 29.3 Å². The maximum atomic E-state index is 6.28. The molecular formula is C18H15Cl2N3S. The molecule has 0 bridgehead atoms. The monoisotopic (exact) mass is 375 g/mol. The van der Waals surface area contributed by atoms with Crippen LogP contribution in [0.3, 0.4) is 0 Å². The van der Waals surface area contributed by atoms with E-state index in [4.69, 9.17) is 28.2 Å². The number of fused-ring (bicyclic) bond motifs is 1. The molecule has 0 fully saturated rings. The van der Waals surface area contributed by atoms with Gasteiger partial charge in [0.05, 0.1) is 10.6 Å².